The van der Waals surface area contributed by atoms with Crippen molar-refractivity contribution in [3.8, 4) is 11.5 Å². The fraction of sp³-hybridized carbons (Fsp3) is 0.571. The Hall–Kier alpha value is -0.740. The Labute approximate surface area is 118 Å². The lowest BCUT2D eigenvalue weighted by molar-refractivity contribution is 0.302. The van der Waals surface area contributed by atoms with Crippen LogP contribution in [0.3, 0.4) is 0 Å². The van der Waals surface area contributed by atoms with Gasteiger partial charge in [0.2, 0.25) is 0 Å². The lowest BCUT2D eigenvalue weighted by Crippen LogP contribution is -2.32. The summed E-state index contributed by atoms with van der Waals surface area (Å²) in [5.41, 5.74) is 0. The van der Waals surface area contributed by atoms with Crippen LogP contribution in [0.4, 0.5) is 0 Å². The normalized spacial score (nSPS) is 12.2. The van der Waals surface area contributed by atoms with E-state index in [0.29, 0.717) is 12.6 Å². The highest BCUT2D eigenvalue weighted by atomic mass is 79.9. The van der Waals surface area contributed by atoms with Crippen molar-refractivity contribution in [1.29, 1.82) is 0 Å². The van der Waals surface area contributed by atoms with Crippen LogP contribution in [-0.2, 0) is 0 Å². The Morgan fingerprint density at radius 2 is 1.89 bits per heavy atom. The van der Waals surface area contributed by atoms with Crippen LogP contribution in [0.2, 0.25) is 0 Å². The standard InChI is InChI=1S/C14H22BrNO2/c1-3-12(8-9-15)16-10-11-18-14-6-4-13(17-2)5-7-14/h4-7,12,16H,3,8-11H2,1-2H3. The van der Waals surface area contributed by atoms with Crippen LogP contribution in [0.25, 0.3) is 0 Å². The van der Waals surface area contributed by atoms with Gasteiger partial charge in [-0.3, -0.25) is 0 Å². The molecular formula is C14H22BrNO2. The first kappa shape index (κ1) is 15.3. The molecule has 0 aliphatic rings. The van der Waals surface area contributed by atoms with Crippen molar-refractivity contribution in [2.24, 2.45) is 0 Å². The van der Waals surface area contributed by atoms with Crippen molar-refractivity contribution in [2.45, 2.75) is 25.8 Å². The molecule has 0 heterocycles. The summed E-state index contributed by atoms with van der Waals surface area (Å²) in [7, 11) is 1.66. The number of rotatable bonds is 9. The summed E-state index contributed by atoms with van der Waals surface area (Å²) in [5.74, 6) is 1.73. The Balaban J connectivity index is 2.20. The zero-order chi connectivity index (χ0) is 13.2. The molecule has 1 aromatic carbocycles. The number of hydrogen-bond acceptors (Lipinski definition) is 3. The summed E-state index contributed by atoms with van der Waals surface area (Å²) in [6.07, 6.45) is 2.30. The molecule has 0 aromatic heterocycles. The number of nitrogens with one attached hydrogen (secondary N) is 1. The molecule has 0 fully saturated rings. The molecule has 1 atom stereocenters. The number of ether oxygens (including phenoxy) is 2. The molecule has 1 aromatic rings. The van der Waals surface area contributed by atoms with E-state index in [4.69, 9.17) is 9.47 Å². The van der Waals surface area contributed by atoms with Crippen molar-refractivity contribution in [3.63, 3.8) is 0 Å². The van der Waals surface area contributed by atoms with Crippen molar-refractivity contribution in [3.05, 3.63) is 24.3 Å². The van der Waals surface area contributed by atoms with Crippen LogP contribution < -0.4 is 14.8 Å². The largest absolute Gasteiger partial charge is 0.497 e. The molecular weight excluding hydrogens is 294 g/mol. The molecule has 0 saturated carbocycles. The first-order valence-corrected chi connectivity index (χ1v) is 7.48. The van der Waals surface area contributed by atoms with E-state index in [1.165, 1.54) is 0 Å². The monoisotopic (exact) mass is 315 g/mol. The number of methoxy groups -OCH3 is 1. The summed E-state index contributed by atoms with van der Waals surface area (Å²) in [5, 5.41) is 4.52. The van der Waals surface area contributed by atoms with Gasteiger partial charge in [-0.25, -0.2) is 0 Å². The van der Waals surface area contributed by atoms with Gasteiger partial charge in [0.25, 0.3) is 0 Å². The smallest absolute Gasteiger partial charge is 0.119 e. The molecule has 0 saturated heterocycles. The highest BCUT2D eigenvalue weighted by Crippen LogP contribution is 2.16. The Morgan fingerprint density at radius 3 is 2.44 bits per heavy atom. The number of halogens is 1. The zero-order valence-corrected chi connectivity index (χ0v) is 12.7. The maximum atomic E-state index is 5.65. The van der Waals surface area contributed by atoms with Gasteiger partial charge in [0.05, 0.1) is 7.11 Å². The van der Waals surface area contributed by atoms with Crippen LogP contribution in [-0.4, -0.2) is 31.6 Å². The molecule has 1 unspecified atom stereocenters. The zero-order valence-electron chi connectivity index (χ0n) is 11.1. The number of alkyl halides is 1. The van der Waals surface area contributed by atoms with E-state index >= 15 is 0 Å². The molecule has 0 bridgehead atoms. The van der Waals surface area contributed by atoms with Gasteiger partial charge < -0.3 is 14.8 Å². The van der Waals surface area contributed by atoms with E-state index in [-0.39, 0.29) is 0 Å². The SMILES string of the molecule is CCC(CCBr)NCCOc1ccc(OC)cc1. The van der Waals surface area contributed by atoms with E-state index in [0.717, 1.165) is 36.2 Å². The first-order chi connectivity index (χ1) is 8.80. The predicted octanol–water partition coefficient (Wildman–Crippen LogP) is 3.23. The van der Waals surface area contributed by atoms with Crippen LogP contribution in [0, 0.1) is 0 Å². The quantitative estimate of drug-likeness (QED) is 0.560. The Kier molecular flexibility index (Phi) is 7.85. The second-order valence-electron chi connectivity index (χ2n) is 4.06. The van der Waals surface area contributed by atoms with E-state index in [1.54, 1.807) is 7.11 Å². The van der Waals surface area contributed by atoms with Gasteiger partial charge in [0.1, 0.15) is 18.1 Å². The highest BCUT2D eigenvalue weighted by Gasteiger charge is 2.03. The molecule has 0 aliphatic carbocycles. The second-order valence-corrected chi connectivity index (χ2v) is 4.85. The third kappa shape index (κ3) is 5.74. The first-order valence-electron chi connectivity index (χ1n) is 6.36. The summed E-state index contributed by atoms with van der Waals surface area (Å²) in [6, 6.07) is 8.23. The molecule has 18 heavy (non-hydrogen) atoms. The van der Waals surface area contributed by atoms with Crippen LogP contribution in [0.5, 0.6) is 11.5 Å². The van der Waals surface area contributed by atoms with Crippen molar-refractivity contribution >= 4 is 15.9 Å². The topological polar surface area (TPSA) is 30.5 Å². The van der Waals surface area contributed by atoms with E-state index < -0.39 is 0 Å². The van der Waals surface area contributed by atoms with E-state index in [1.807, 2.05) is 24.3 Å². The maximum absolute atomic E-state index is 5.65. The van der Waals surface area contributed by atoms with Crippen molar-refractivity contribution < 1.29 is 9.47 Å². The lowest BCUT2D eigenvalue weighted by Gasteiger charge is -2.15. The molecule has 0 aliphatic heterocycles. The van der Waals surface area contributed by atoms with Crippen molar-refractivity contribution in [1.82, 2.24) is 5.32 Å². The minimum absolute atomic E-state index is 0.573. The third-order valence-electron chi connectivity index (χ3n) is 2.81. The molecule has 0 spiro atoms. The average Bonchev–Trinajstić information content (AvgIpc) is 2.43. The highest BCUT2D eigenvalue weighted by molar-refractivity contribution is 9.09. The van der Waals surface area contributed by atoms with Gasteiger partial charge in [-0.2, -0.15) is 0 Å². The molecule has 102 valence electrons. The fourth-order valence-electron chi connectivity index (χ4n) is 1.69. The van der Waals surface area contributed by atoms with Gasteiger partial charge >= 0.3 is 0 Å². The maximum Gasteiger partial charge on any atom is 0.119 e. The van der Waals surface area contributed by atoms with E-state index in [9.17, 15) is 0 Å². The Bertz CT molecular complexity index is 316. The van der Waals surface area contributed by atoms with Gasteiger partial charge in [-0.05, 0) is 37.1 Å². The summed E-state index contributed by atoms with van der Waals surface area (Å²) in [4.78, 5) is 0. The van der Waals surface area contributed by atoms with Gasteiger partial charge in [0, 0.05) is 17.9 Å². The molecule has 1 N–H and O–H groups in total. The van der Waals surface area contributed by atoms with Crippen LogP contribution >= 0.6 is 15.9 Å². The minimum atomic E-state index is 0.573. The van der Waals surface area contributed by atoms with Gasteiger partial charge in [0.15, 0.2) is 0 Å². The second kappa shape index (κ2) is 9.22. The molecule has 0 radical (unpaired) electrons. The van der Waals surface area contributed by atoms with Gasteiger partial charge in [-0.15, -0.1) is 0 Å². The number of hydrogen-bond donors (Lipinski definition) is 1. The predicted molar refractivity (Wildman–Crippen MR) is 79.0 cm³/mol. The minimum Gasteiger partial charge on any atom is -0.497 e. The van der Waals surface area contributed by atoms with Gasteiger partial charge in [-0.1, -0.05) is 22.9 Å². The van der Waals surface area contributed by atoms with Crippen LogP contribution in [0.15, 0.2) is 24.3 Å². The summed E-state index contributed by atoms with van der Waals surface area (Å²) < 4.78 is 10.7. The van der Waals surface area contributed by atoms with Crippen molar-refractivity contribution in [2.75, 3.05) is 25.6 Å². The fourth-order valence-corrected chi connectivity index (χ4v) is 2.24. The molecule has 4 heteroatoms. The summed E-state index contributed by atoms with van der Waals surface area (Å²) >= 11 is 3.47. The molecule has 0 amide bonds. The average molecular weight is 316 g/mol. The number of benzene rings is 1. The van der Waals surface area contributed by atoms with Crippen LogP contribution in [0.1, 0.15) is 19.8 Å². The summed E-state index contributed by atoms with van der Waals surface area (Å²) in [6.45, 7) is 3.76. The Morgan fingerprint density at radius 1 is 1.22 bits per heavy atom. The lowest BCUT2D eigenvalue weighted by atomic mass is 10.2. The molecule has 1 rings (SSSR count). The molecule has 3 nitrogen and oxygen atoms in total. The third-order valence-corrected chi connectivity index (χ3v) is 3.27. The van der Waals surface area contributed by atoms with E-state index in [2.05, 4.69) is 28.2 Å².